The molecule has 2 heterocycles. The fourth-order valence-electron chi connectivity index (χ4n) is 4.89. The molecule has 3 aliphatic rings. The summed E-state index contributed by atoms with van der Waals surface area (Å²) in [6.07, 6.45) is 1.78. The van der Waals surface area contributed by atoms with E-state index in [2.05, 4.69) is 36.7 Å². The first kappa shape index (κ1) is 16.5. The van der Waals surface area contributed by atoms with Gasteiger partial charge in [0.05, 0.1) is 19.8 Å². The first-order chi connectivity index (χ1) is 13.1. The second-order valence-electron chi connectivity index (χ2n) is 7.38. The van der Waals surface area contributed by atoms with E-state index in [1.807, 2.05) is 6.07 Å². The van der Waals surface area contributed by atoms with Gasteiger partial charge in [0.15, 0.2) is 23.0 Å². The van der Waals surface area contributed by atoms with Crippen LogP contribution in [0.1, 0.15) is 22.3 Å². The average Bonchev–Trinajstić information content (AvgIpc) is 3.28. The van der Waals surface area contributed by atoms with Crippen LogP contribution in [0.2, 0.25) is 0 Å². The van der Waals surface area contributed by atoms with E-state index in [1.165, 1.54) is 16.7 Å². The van der Waals surface area contributed by atoms with Gasteiger partial charge in [-0.1, -0.05) is 12.6 Å². The fourth-order valence-corrected chi connectivity index (χ4v) is 4.89. The maximum Gasteiger partial charge on any atom is 0.231 e. The summed E-state index contributed by atoms with van der Waals surface area (Å²) in [6, 6.07) is 8.34. The Hall–Kier alpha value is -2.66. The van der Waals surface area contributed by atoms with Crippen molar-refractivity contribution in [2.24, 2.45) is 0 Å². The minimum absolute atomic E-state index is 0.280. The van der Waals surface area contributed by atoms with E-state index in [0.717, 1.165) is 53.5 Å². The van der Waals surface area contributed by atoms with Gasteiger partial charge in [-0.3, -0.25) is 4.90 Å². The van der Waals surface area contributed by atoms with Gasteiger partial charge >= 0.3 is 0 Å². The van der Waals surface area contributed by atoms with Crippen LogP contribution in [0.4, 0.5) is 0 Å². The van der Waals surface area contributed by atoms with Crippen molar-refractivity contribution >= 4 is 5.57 Å². The lowest BCUT2D eigenvalue weighted by Gasteiger charge is -2.45. The van der Waals surface area contributed by atoms with Gasteiger partial charge in [0.2, 0.25) is 6.79 Å². The number of ether oxygens (including phenoxy) is 4. The second-order valence-corrected chi connectivity index (χ2v) is 7.38. The van der Waals surface area contributed by atoms with Gasteiger partial charge in [0.1, 0.15) is 0 Å². The summed E-state index contributed by atoms with van der Waals surface area (Å²) in [5.41, 5.74) is 5.66. The molecule has 0 bridgehead atoms. The Kier molecular flexibility index (Phi) is 3.46. The molecule has 5 rings (SSSR count). The van der Waals surface area contributed by atoms with Crippen molar-refractivity contribution in [3.8, 4) is 23.0 Å². The van der Waals surface area contributed by atoms with Crippen molar-refractivity contribution < 1.29 is 18.9 Å². The van der Waals surface area contributed by atoms with Crippen molar-refractivity contribution in [2.75, 3.05) is 34.6 Å². The van der Waals surface area contributed by atoms with E-state index < -0.39 is 0 Å². The lowest BCUT2D eigenvalue weighted by Crippen LogP contribution is -2.48. The molecule has 140 valence electrons. The summed E-state index contributed by atoms with van der Waals surface area (Å²) in [5, 5.41) is 0. The van der Waals surface area contributed by atoms with Crippen LogP contribution in [0.25, 0.3) is 5.57 Å². The number of fused-ring (bicyclic) bond motifs is 5. The first-order valence-corrected chi connectivity index (χ1v) is 9.18. The SMILES string of the molecule is C=C1c2ccc3c(c2CC12c1cc(OC)c(OC)cc1CCN2C)OCO3. The minimum Gasteiger partial charge on any atom is -0.493 e. The van der Waals surface area contributed by atoms with Crippen molar-refractivity contribution in [1.82, 2.24) is 4.90 Å². The molecular weight excluding hydrogens is 342 g/mol. The Morgan fingerprint density at radius 3 is 2.67 bits per heavy atom. The molecule has 1 unspecified atom stereocenters. The number of rotatable bonds is 2. The molecule has 2 aliphatic heterocycles. The average molecular weight is 365 g/mol. The highest BCUT2D eigenvalue weighted by atomic mass is 16.7. The van der Waals surface area contributed by atoms with E-state index in [4.69, 9.17) is 18.9 Å². The van der Waals surface area contributed by atoms with E-state index in [-0.39, 0.29) is 12.3 Å². The van der Waals surface area contributed by atoms with Crippen molar-refractivity contribution in [3.63, 3.8) is 0 Å². The van der Waals surface area contributed by atoms with Crippen LogP contribution in [0, 0.1) is 0 Å². The molecule has 1 spiro atoms. The molecule has 0 radical (unpaired) electrons. The van der Waals surface area contributed by atoms with Crippen LogP contribution in [-0.4, -0.2) is 39.5 Å². The summed E-state index contributed by atoms with van der Waals surface area (Å²) < 4.78 is 22.5. The first-order valence-electron chi connectivity index (χ1n) is 9.18. The van der Waals surface area contributed by atoms with Crippen LogP contribution < -0.4 is 18.9 Å². The second kappa shape index (κ2) is 5.67. The number of benzene rings is 2. The molecule has 5 heteroatoms. The van der Waals surface area contributed by atoms with Gasteiger partial charge in [-0.15, -0.1) is 0 Å². The molecule has 0 saturated carbocycles. The van der Waals surface area contributed by atoms with Gasteiger partial charge in [-0.25, -0.2) is 0 Å². The van der Waals surface area contributed by atoms with Crippen molar-refractivity contribution in [3.05, 3.63) is 53.1 Å². The number of likely N-dealkylation sites (N-methyl/N-ethyl adjacent to an activating group) is 1. The molecule has 1 aliphatic carbocycles. The lowest BCUT2D eigenvalue weighted by molar-refractivity contribution is 0.162. The van der Waals surface area contributed by atoms with E-state index in [0.29, 0.717) is 0 Å². The van der Waals surface area contributed by atoms with Crippen molar-refractivity contribution in [1.29, 1.82) is 0 Å². The topological polar surface area (TPSA) is 40.2 Å². The zero-order valence-electron chi connectivity index (χ0n) is 15.9. The van der Waals surface area contributed by atoms with E-state index >= 15 is 0 Å². The zero-order chi connectivity index (χ0) is 18.8. The van der Waals surface area contributed by atoms with Crippen molar-refractivity contribution in [2.45, 2.75) is 18.4 Å². The lowest BCUT2D eigenvalue weighted by atomic mass is 9.76. The molecule has 5 nitrogen and oxygen atoms in total. The van der Waals surface area contributed by atoms with Crippen LogP contribution in [0.3, 0.4) is 0 Å². The van der Waals surface area contributed by atoms with E-state index in [1.54, 1.807) is 14.2 Å². The van der Waals surface area contributed by atoms with Gasteiger partial charge in [0, 0.05) is 18.5 Å². The third-order valence-corrected chi connectivity index (χ3v) is 6.32. The number of methoxy groups -OCH3 is 2. The Labute approximate surface area is 159 Å². The smallest absolute Gasteiger partial charge is 0.231 e. The normalized spacial score (nSPS) is 22.7. The number of hydrogen-bond donors (Lipinski definition) is 0. The Balaban J connectivity index is 1.73. The highest BCUT2D eigenvalue weighted by Gasteiger charge is 2.50. The third kappa shape index (κ3) is 2.03. The van der Waals surface area contributed by atoms with Crippen LogP contribution >= 0.6 is 0 Å². The van der Waals surface area contributed by atoms with Gasteiger partial charge in [0.25, 0.3) is 0 Å². The molecule has 0 amide bonds. The standard InChI is InChI=1S/C22H23NO4/c1-13-15-5-6-18-21(27-12-26-18)16(15)11-22(13)17-10-20(25-4)19(24-3)9-14(17)7-8-23(22)2/h5-6,9-10H,1,7-8,11-12H2,2-4H3. The molecule has 27 heavy (non-hydrogen) atoms. The largest absolute Gasteiger partial charge is 0.493 e. The summed E-state index contributed by atoms with van der Waals surface area (Å²) in [7, 11) is 5.54. The summed E-state index contributed by atoms with van der Waals surface area (Å²) in [5.74, 6) is 3.21. The fraction of sp³-hybridized carbons (Fsp3) is 0.364. The highest BCUT2D eigenvalue weighted by molar-refractivity contribution is 5.84. The van der Waals surface area contributed by atoms with Crippen LogP contribution in [-0.2, 0) is 18.4 Å². The minimum atomic E-state index is -0.309. The van der Waals surface area contributed by atoms with Gasteiger partial charge in [-0.2, -0.15) is 0 Å². The van der Waals surface area contributed by atoms with Crippen LogP contribution in [0.5, 0.6) is 23.0 Å². The monoisotopic (exact) mass is 365 g/mol. The molecule has 0 saturated heterocycles. The molecule has 1 atom stereocenters. The Morgan fingerprint density at radius 1 is 1.11 bits per heavy atom. The van der Waals surface area contributed by atoms with Gasteiger partial charge < -0.3 is 18.9 Å². The van der Waals surface area contributed by atoms with Gasteiger partial charge in [-0.05, 0) is 53.9 Å². The van der Waals surface area contributed by atoms with E-state index in [9.17, 15) is 0 Å². The number of nitrogens with zero attached hydrogens (tertiary/aromatic N) is 1. The Morgan fingerprint density at radius 2 is 1.89 bits per heavy atom. The highest BCUT2D eigenvalue weighted by Crippen LogP contribution is 2.57. The summed E-state index contributed by atoms with van der Waals surface area (Å²) >= 11 is 0. The predicted octanol–water partition coefficient (Wildman–Crippen LogP) is 3.39. The molecule has 2 aromatic rings. The third-order valence-electron chi connectivity index (χ3n) is 6.32. The maximum atomic E-state index is 5.80. The quantitative estimate of drug-likeness (QED) is 0.816. The predicted molar refractivity (Wildman–Crippen MR) is 103 cm³/mol. The molecule has 0 aromatic heterocycles. The molecular formula is C22H23NO4. The zero-order valence-corrected chi connectivity index (χ0v) is 15.9. The Bertz CT molecular complexity index is 967. The molecule has 2 aromatic carbocycles. The molecule has 0 fully saturated rings. The summed E-state index contributed by atoms with van der Waals surface area (Å²) in [6.45, 7) is 5.77. The summed E-state index contributed by atoms with van der Waals surface area (Å²) in [4.78, 5) is 2.41. The van der Waals surface area contributed by atoms with Crippen LogP contribution in [0.15, 0.2) is 30.8 Å². The maximum absolute atomic E-state index is 5.80. The molecule has 0 N–H and O–H groups in total. The number of hydrogen-bond acceptors (Lipinski definition) is 5.